The van der Waals surface area contributed by atoms with Crippen LogP contribution >= 0.6 is 0 Å². The maximum atomic E-state index is 3.15. The molecule has 0 atom stereocenters. The minimum Gasteiger partial charge on any atom is -0.316 e. The lowest BCUT2D eigenvalue weighted by molar-refractivity contribution is 0.818. The zero-order valence-corrected chi connectivity index (χ0v) is 9.83. The molecule has 0 aliphatic carbocycles. The molecule has 0 bridgehead atoms. The summed E-state index contributed by atoms with van der Waals surface area (Å²) in [7, 11) is 1.97. The maximum absolute atomic E-state index is 3.15. The topological polar surface area (TPSA) is 12.0 Å². The Bertz CT molecular complexity index is 457. The SMILES string of the molecule is CNCc1ccc(-c2ccccc2C)cc1. The Morgan fingerprint density at radius 1 is 0.938 bits per heavy atom. The smallest absolute Gasteiger partial charge is 0.0202 e. The number of aryl methyl sites for hydroxylation is 1. The van der Waals surface area contributed by atoms with Crippen LogP contribution in [0.3, 0.4) is 0 Å². The monoisotopic (exact) mass is 211 g/mol. The van der Waals surface area contributed by atoms with Gasteiger partial charge >= 0.3 is 0 Å². The van der Waals surface area contributed by atoms with Crippen LogP contribution in [0, 0.1) is 6.92 Å². The van der Waals surface area contributed by atoms with Gasteiger partial charge in [-0.3, -0.25) is 0 Å². The predicted molar refractivity (Wildman–Crippen MR) is 69.4 cm³/mol. The predicted octanol–water partition coefficient (Wildman–Crippen LogP) is 3.38. The molecule has 82 valence electrons. The van der Waals surface area contributed by atoms with Crippen molar-refractivity contribution in [2.45, 2.75) is 13.5 Å². The molecule has 0 spiro atoms. The molecule has 0 saturated carbocycles. The first-order valence-electron chi connectivity index (χ1n) is 5.61. The molecule has 2 rings (SSSR count). The van der Waals surface area contributed by atoms with Gasteiger partial charge in [-0.1, -0.05) is 48.5 Å². The lowest BCUT2D eigenvalue weighted by Crippen LogP contribution is -2.04. The average Bonchev–Trinajstić information content (AvgIpc) is 2.31. The quantitative estimate of drug-likeness (QED) is 0.820. The molecule has 2 aromatic rings. The van der Waals surface area contributed by atoms with E-state index in [2.05, 4.69) is 60.8 Å². The highest BCUT2D eigenvalue weighted by atomic mass is 14.8. The van der Waals surface area contributed by atoms with Crippen LogP contribution in [0.4, 0.5) is 0 Å². The van der Waals surface area contributed by atoms with Gasteiger partial charge in [0.15, 0.2) is 0 Å². The summed E-state index contributed by atoms with van der Waals surface area (Å²) in [5.41, 5.74) is 5.25. The molecular weight excluding hydrogens is 194 g/mol. The van der Waals surface area contributed by atoms with Crippen molar-refractivity contribution < 1.29 is 0 Å². The van der Waals surface area contributed by atoms with E-state index in [1.165, 1.54) is 22.3 Å². The van der Waals surface area contributed by atoms with Crippen molar-refractivity contribution in [1.29, 1.82) is 0 Å². The summed E-state index contributed by atoms with van der Waals surface area (Å²) >= 11 is 0. The fourth-order valence-corrected chi connectivity index (χ4v) is 1.90. The standard InChI is InChI=1S/C15H17N/c1-12-5-3-4-6-15(12)14-9-7-13(8-10-14)11-16-2/h3-10,16H,11H2,1-2H3. The Kier molecular flexibility index (Phi) is 3.37. The highest BCUT2D eigenvalue weighted by Crippen LogP contribution is 2.23. The van der Waals surface area contributed by atoms with E-state index in [1.807, 2.05) is 7.05 Å². The van der Waals surface area contributed by atoms with Crippen LogP contribution in [0.25, 0.3) is 11.1 Å². The second-order valence-electron chi connectivity index (χ2n) is 4.04. The van der Waals surface area contributed by atoms with Gasteiger partial charge in [-0.15, -0.1) is 0 Å². The van der Waals surface area contributed by atoms with Crippen LogP contribution in [-0.4, -0.2) is 7.05 Å². The Morgan fingerprint density at radius 3 is 2.25 bits per heavy atom. The Balaban J connectivity index is 2.31. The summed E-state index contributed by atoms with van der Waals surface area (Å²) in [5, 5.41) is 3.15. The van der Waals surface area contributed by atoms with E-state index in [-0.39, 0.29) is 0 Å². The van der Waals surface area contributed by atoms with E-state index in [4.69, 9.17) is 0 Å². The Hall–Kier alpha value is -1.60. The van der Waals surface area contributed by atoms with Gasteiger partial charge in [0, 0.05) is 6.54 Å². The van der Waals surface area contributed by atoms with E-state index >= 15 is 0 Å². The average molecular weight is 211 g/mol. The lowest BCUT2D eigenvalue weighted by Gasteiger charge is -2.06. The minimum absolute atomic E-state index is 0.925. The van der Waals surface area contributed by atoms with Crippen LogP contribution in [0.1, 0.15) is 11.1 Å². The van der Waals surface area contributed by atoms with Crippen molar-refractivity contribution in [2.75, 3.05) is 7.05 Å². The second kappa shape index (κ2) is 4.95. The van der Waals surface area contributed by atoms with Gasteiger partial charge in [-0.2, -0.15) is 0 Å². The van der Waals surface area contributed by atoms with E-state index < -0.39 is 0 Å². The first kappa shape index (κ1) is 10.9. The van der Waals surface area contributed by atoms with Gasteiger partial charge in [0.05, 0.1) is 0 Å². The van der Waals surface area contributed by atoms with Crippen LogP contribution in [-0.2, 0) is 6.54 Å². The summed E-state index contributed by atoms with van der Waals surface area (Å²) in [5.74, 6) is 0. The normalized spacial score (nSPS) is 10.4. The van der Waals surface area contributed by atoms with Crippen LogP contribution in [0.5, 0.6) is 0 Å². The zero-order chi connectivity index (χ0) is 11.4. The van der Waals surface area contributed by atoms with E-state index in [1.54, 1.807) is 0 Å². The van der Waals surface area contributed by atoms with Gasteiger partial charge in [-0.25, -0.2) is 0 Å². The highest BCUT2D eigenvalue weighted by molar-refractivity contribution is 5.67. The fraction of sp³-hybridized carbons (Fsp3) is 0.200. The molecule has 1 nitrogen and oxygen atoms in total. The molecule has 1 heteroatoms. The number of rotatable bonds is 3. The molecule has 0 amide bonds. The summed E-state index contributed by atoms with van der Waals surface area (Å²) in [6.45, 7) is 3.07. The van der Waals surface area contributed by atoms with Crippen LogP contribution in [0.15, 0.2) is 48.5 Å². The summed E-state index contributed by atoms with van der Waals surface area (Å²) in [6.07, 6.45) is 0. The number of nitrogens with one attached hydrogen (secondary N) is 1. The molecule has 2 aromatic carbocycles. The molecule has 0 aromatic heterocycles. The molecular formula is C15H17N. The number of hydrogen-bond donors (Lipinski definition) is 1. The van der Waals surface area contributed by atoms with Crippen molar-refractivity contribution >= 4 is 0 Å². The van der Waals surface area contributed by atoms with Crippen molar-refractivity contribution in [3.05, 3.63) is 59.7 Å². The fourth-order valence-electron chi connectivity index (χ4n) is 1.90. The van der Waals surface area contributed by atoms with Gasteiger partial charge in [0.1, 0.15) is 0 Å². The largest absolute Gasteiger partial charge is 0.316 e. The first-order chi connectivity index (χ1) is 7.81. The molecule has 0 aliphatic rings. The van der Waals surface area contributed by atoms with Crippen molar-refractivity contribution in [2.24, 2.45) is 0 Å². The zero-order valence-electron chi connectivity index (χ0n) is 9.83. The molecule has 0 heterocycles. The summed E-state index contributed by atoms with van der Waals surface area (Å²) < 4.78 is 0. The van der Waals surface area contributed by atoms with E-state index in [0.29, 0.717) is 0 Å². The second-order valence-corrected chi connectivity index (χ2v) is 4.04. The number of hydrogen-bond acceptors (Lipinski definition) is 1. The molecule has 0 aliphatic heterocycles. The van der Waals surface area contributed by atoms with Gasteiger partial charge in [-0.05, 0) is 36.2 Å². The summed E-state index contributed by atoms with van der Waals surface area (Å²) in [6, 6.07) is 17.2. The van der Waals surface area contributed by atoms with Crippen molar-refractivity contribution in [3.63, 3.8) is 0 Å². The molecule has 16 heavy (non-hydrogen) atoms. The molecule has 0 saturated heterocycles. The molecule has 0 fully saturated rings. The Labute approximate surface area is 97.1 Å². The molecule has 0 unspecified atom stereocenters. The molecule has 0 radical (unpaired) electrons. The third kappa shape index (κ3) is 2.31. The third-order valence-corrected chi connectivity index (χ3v) is 2.79. The Morgan fingerprint density at radius 2 is 1.62 bits per heavy atom. The van der Waals surface area contributed by atoms with E-state index in [0.717, 1.165) is 6.54 Å². The van der Waals surface area contributed by atoms with Crippen molar-refractivity contribution in [3.8, 4) is 11.1 Å². The third-order valence-electron chi connectivity index (χ3n) is 2.79. The van der Waals surface area contributed by atoms with Gasteiger partial charge in [0.25, 0.3) is 0 Å². The lowest BCUT2D eigenvalue weighted by atomic mass is 10.00. The number of benzene rings is 2. The molecule has 1 N–H and O–H groups in total. The highest BCUT2D eigenvalue weighted by Gasteiger charge is 2.00. The van der Waals surface area contributed by atoms with Gasteiger partial charge in [0.2, 0.25) is 0 Å². The summed E-state index contributed by atoms with van der Waals surface area (Å²) in [4.78, 5) is 0. The minimum atomic E-state index is 0.925. The van der Waals surface area contributed by atoms with Crippen LogP contribution in [0.2, 0.25) is 0 Å². The first-order valence-corrected chi connectivity index (χ1v) is 5.61. The maximum Gasteiger partial charge on any atom is 0.0202 e. The van der Waals surface area contributed by atoms with Crippen molar-refractivity contribution in [1.82, 2.24) is 5.32 Å². The van der Waals surface area contributed by atoms with Gasteiger partial charge < -0.3 is 5.32 Å². The van der Waals surface area contributed by atoms with E-state index in [9.17, 15) is 0 Å². The van der Waals surface area contributed by atoms with Crippen LogP contribution < -0.4 is 5.32 Å².